The van der Waals surface area contributed by atoms with Gasteiger partial charge in [0.1, 0.15) is 29.6 Å². The van der Waals surface area contributed by atoms with Gasteiger partial charge in [0.25, 0.3) is 6.47 Å². The molecule has 5 aromatic carbocycles. The number of benzene rings is 5. The number of aliphatic hydroxyl groups is 1. The summed E-state index contributed by atoms with van der Waals surface area (Å²) < 4.78 is 35.4. The van der Waals surface area contributed by atoms with E-state index < -0.39 is 11.0 Å². The average Bonchev–Trinajstić information content (AvgIpc) is 3.36. The first-order valence-electron chi connectivity index (χ1n) is 15.7. The maximum Gasteiger partial charge on any atom is 0.298 e. The summed E-state index contributed by atoms with van der Waals surface area (Å²) in [5, 5.41) is 11.1. The third-order valence-corrected chi connectivity index (χ3v) is 9.45. The Balaban J connectivity index is 1.52. The van der Waals surface area contributed by atoms with Crippen molar-refractivity contribution in [2.45, 2.75) is 24.9 Å². The third-order valence-electron chi connectivity index (χ3n) is 9.45. The highest BCUT2D eigenvalue weighted by atomic mass is 16.5. The normalized spacial score (nSPS) is 16.7. The van der Waals surface area contributed by atoms with Crippen molar-refractivity contribution in [3.05, 3.63) is 113 Å². The first-order valence-corrected chi connectivity index (χ1v) is 15.7. The molecule has 1 heterocycles. The molecule has 0 saturated carbocycles. The lowest BCUT2D eigenvalue weighted by molar-refractivity contribution is -0.120. The van der Waals surface area contributed by atoms with E-state index in [2.05, 4.69) is 26.0 Å². The van der Waals surface area contributed by atoms with Gasteiger partial charge in [0, 0.05) is 27.5 Å². The first-order chi connectivity index (χ1) is 23.3. The standard InChI is InChI=1S/C40H36O8/c1-39(2)33-20-28(47-23-42)14-15-29(33)36-31-21-34(44-4)35(45-5)22-32(31)38-30(37(36)39)16-17-40(48-38,24-6-10-26(43-3)11-7-24)25-8-12-27(13-9-25)46-19-18-41/h6-17,20-23,41H,18-19H2,1-5H3. The lowest BCUT2D eigenvalue weighted by Crippen LogP contribution is -2.35. The van der Waals surface area contributed by atoms with Crippen LogP contribution in [0.2, 0.25) is 0 Å². The summed E-state index contributed by atoms with van der Waals surface area (Å²) in [5.41, 5.74) is 5.50. The van der Waals surface area contributed by atoms with E-state index in [0.717, 1.165) is 55.5 Å². The van der Waals surface area contributed by atoms with Crippen LogP contribution in [0.15, 0.2) is 84.9 Å². The lowest BCUT2D eigenvalue weighted by Gasteiger charge is -2.38. The Morgan fingerprint density at radius 3 is 2.00 bits per heavy atom. The average molecular weight is 645 g/mol. The van der Waals surface area contributed by atoms with Crippen LogP contribution in [0.1, 0.15) is 41.7 Å². The molecule has 1 atom stereocenters. The van der Waals surface area contributed by atoms with Crippen molar-refractivity contribution in [2.24, 2.45) is 0 Å². The highest BCUT2D eigenvalue weighted by molar-refractivity contribution is 6.09. The van der Waals surface area contributed by atoms with Crippen molar-refractivity contribution < 1.29 is 38.3 Å². The zero-order valence-electron chi connectivity index (χ0n) is 27.5. The summed E-state index contributed by atoms with van der Waals surface area (Å²) in [5.74, 6) is 3.76. The maximum atomic E-state index is 11.2. The number of aliphatic hydroxyl groups excluding tert-OH is 1. The molecule has 5 aromatic rings. The molecule has 0 aromatic heterocycles. The number of fused-ring (bicyclic) bond motifs is 8. The number of ether oxygens (including phenoxy) is 6. The van der Waals surface area contributed by atoms with Crippen LogP contribution >= 0.6 is 0 Å². The predicted octanol–water partition coefficient (Wildman–Crippen LogP) is 7.43. The highest BCUT2D eigenvalue weighted by Gasteiger charge is 2.44. The van der Waals surface area contributed by atoms with Gasteiger partial charge in [-0.15, -0.1) is 0 Å². The van der Waals surface area contributed by atoms with Gasteiger partial charge in [-0.2, -0.15) is 0 Å². The molecular weight excluding hydrogens is 608 g/mol. The van der Waals surface area contributed by atoms with E-state index >= 15 is 0 Å². The van der Waals surface area contributed by atoms with E-state index in [4.69, 9.17) is 28.4 Å². The molecule has 7 rings (SSSR count). The molecule has 8 heteroatoms. The van der Waals surface area contributed by atoms with Crippen molar-refractivity contribution in [3.63, 3.8) is 0 Å². The fourth-order valence-electron chi connectivity index (χ4n) is 7.20. The van der Waals surface area contributed by atoms with Crippen molar-refractivity contribution >= 4 is 23.3 Å². The number of hydrogen-bond donors (Lipinski definition) is 1. The summed E-state index contributed by atoms with van der Waals surface area (Å²) in [6.45, 7) is 4.94. The van der Waals surface area contributed by atoms with Crippen LogP contribution in [0.3, 0.4) is 0 Å². The van der Waals surface area contributed by atoms with E-state index in [-0.39, 0.29) is 13.2 Å². The summed E-state index contributed by atoms with van der Waals surface area (Å²) in [6, 6.07) is 25.4. The fraction of sp³-hybridized carbons (Fsp3) is 0.225. The monoisotopic (exact) mass is 644 g/mol. The second kappa shape index (κ2) is 12.0. The van der Waals surface area contributed by atoms with Gasteiger partial charge in [-0.25, -0.2) is 0 Å². The van der Waals surface area contributed by atoms with Crippen LogP contribution in [0, 0.1) is 0 Å². The summed E-state index contributed by atoms with van der Waals surface area (Å²) in [7, 11) is 4.90. The highest BCUT2D eigenvalue weighted by Crippen LogP contribution is 2.59. The zero-order chi connectivity index (χ0) is 33.6. The van der Waals surface area contributed by atoms with Crippen LogP contribution in [0.4, 0.5) is 0 Å². The summed E-state index contributed by atoms with van der Waals surface area (Å²) in [6.07, 6.45) is 4.26. The zero-order valence-corrected chi connectivity index (χ0v) is 27.5. The van der Waals surface area contributed by atoms with E-state index in [1.54, 1.807) is 21.3 Å². The molecule has 0 amide bonds. The Kier molecular flexibility index (Phi) is 7.76. The predicted molar refractivity (Wildman–Crippen MR) is 184 cm³/mol. The number of carbonyl (C=O) groups is 1. The summed E-state index contributed by atoms with van der Waals surface area (Å²) in [4.78, 5) is 11.2. The van der Waals surface area contributed by atoms with Gasteiger partial charge < -0.3 is 33.5 Å². The van der Waals surface area contributed by atoms with Crippen LogP contribution in [0.5, 0.6) is 34.5 Å². The molecule has 244 valence electrons. The van der Waals surface area contributed by atoms with Crippen molar-refractivity contribution in [1.82, 2.24) is 0 Å². The van der Waals surface area contributed by atoms with Crippen molar-refractivity contribution in [1.29, 1.82) is 0 Å². The first kappa shape index (κ1) is 31.1. The topological polar surface area (TPSA) is 92.7 Å². The lowest BCUT2D eigenvalue weighted by atomic mass is 9.76. The fourth-order valence-corrected chi connectivity index (χ4v) is 7.20. The van der Waals surface area contributed by atoms with Crippen LogP contribution < -0.4 is 28.4 Å². The van der Waals surface area contributed by atoms with Crippen LogP contribution in [-0.4, -0.2) is 46.1 Å². The molecule has 0 bridgehead atoms. The van der Waals surface area contributed by atoms with Gasteiger partial charge in [0.15, 0.2) is 17.1 Å². The van der Waals surface area contributed by atoms with Gasteiger partial charge in [-0.3, -0.25) is 4.79 Å². The number of methoxy groups -OCH3 is 3. The van der Waals surface area contributed by atoms with E-state index in [1.165, 1.54) is 0 Å². The molecule has 0 spiro atoms. The molecule has 1 aliphatic heterocycles. The molecular formula is C40H36O8. The van der Waals surface area contributed by atoms with E-state index in [1.807, 2.05) is 78.9 Å². The van der Waals surface area contributed by atoms with Crippen molar-refractivity contribution in [3.8, 4) is 45.6 Å². The largest absolute Gasteiger partial charge is 0.497 e. The third kappa shape index (κ3) is 4.75. The minimum absolute atomic E-state index is 0.0720. The Morgan fingerprint density at radius 2 is 1.40 bits per heavy atom. The van der Waals surface area contributed by atoms with Crippen LogP contribution in [-0.2, 0) is 15.8 Å². The molecule has 1 N–H and O–H groups in total. The van der Waals surface area contributed by atoms with Crippen LogP contribution in [0.25, 0.3) is 28.0 Å². The minimum atomic E-state index is -1.02. The molecule has 1 aliphatic carbocycles. The van der Waals surface area contributed by atoms with Gasteiger partial charge in [0.05, 0.1) is 27.9 Å². The molecule has 48 heavy (non-hydrogen) atoms. The maximum absolute atomic E-state index is 11.2. The number of hydrogen-bond acceptors (Lipinski definition) is 8. The van der Waals surface area contributed by atoms with Gasteiger partial charge >= 0.3 is 0 Å². The van der Waals surface area contributed by atoms with Gasteiger partial charge in [-0.05, 0) is 82.2 Å². The SMILES string of the molecule is COc1ccc(C2(c3ccc(OCCO)cc3)C=Cc3c4c(c5cc(OC)c(OC)cc5c3O2)-c2ccc(OC=O)cc2C4(C)C)cc1. The molecule has 2 aliphatic rings. The Morgan fingerprint density at radius 1 is 0.771 bits per heavy atom. The van der Waals surface area contributed by atoms with E-state index in [9.17, 15) is 9.90 Å². The molecule has 0 saturated heterocycles. The molecule has 0 radical (unpaired) electrons. The van der Waals surface area contributed by atoms with Gasteiger partial charge in [-0.1, -0.05) is 50.3 Å². The Hall–Kier alpha value is -5.47. The minimum Gasteiger partial charge on any atom is -0.497 e. The smallest absolute Gasteiger partial charge is 0.298 e. The molecule has 1 unspecified atom stereocenters. The second-order valence-corrected chi connectivity index (χ2v) is 12.3. The summed E-state index contributed by atoms with van der Waals surface area (Å²) >= 11 is 0. The Labute approximate surface area is 279 Å². The molecule has 8 nitrogen and oxygen atoms in total. The second-order valence-electron chi connectivity index (χ2n) is 12.3. The number of carbonyl (C=O) groups excluding carboxylic acids is 1. The quantitative estimate of drug-likeness (QED) is 0.157. The molecule has 0 fully saturated rings. The van der Waals surface area contributed by atoms with Gasteiger partial charge in [0.2, 0.25) is 0 Å². The van der Waals surface area contributed by atoms with Crippen molar-refractivity contribution in [2.75, 3.05) is 34.5 Å². The Bertz CT molecular complexity index is 2060. The number of rotatable bonds is 10. The van der Waals surface area contributed by atoms with E-state index in [0.29, 0.717) is 35.2 Å².